The summed E-state index contributed by atoms with van der Waals surface area (Å²) in [6.07, 6.45) is 1.44. The second kappa shape index (κ2) is 9.41. The molecule has 0 atom stereocenters. The zero-order valence-corrected chi connectivity index (χ0v) is 19.3. The SMILES string of the molecule is CCOC(=O)c1[nH]c(C)c(C(=O)COC(=O)c2ccc3c(c2)C(=O)N(Cc2ccco2)C3=O)c1C. The van der Waals surface area contributed by atoms with Crippen molar-refractivity contribution in [1.82, 2.24) is 9.88 Å². The topological polar surface area (TPSA) is 136 Å². The van der Waals surface area contributed by atoms with Gasteiger partial charge in [-0.25, -0.2) is 9.59 Å². The minimum Gasteiger partial charge on any atom is -0.467 e. The maximum atomic E-state index is 12.8. The van der Waals surface area contributed by atoms with Crippen molar-refractivity contribution in [3.05, 3.63) is 81.6 Å². The Bertz CT molecular complexity index is 1350. The number of nitrogens with one attached hydrogen (secondary N) is 1. The number of amides is 2. The molecule has 0 saturated heterocycles. The van der Waals surface area contributed by atoms with Gasteiger partial charge in [-0.2, -0.15) is 0 Å². The molecule has 10 heteroatoms. The van der Waals surface area contributed by atoms with Crippen molar-refractivity contribution in [2.24, 2.45) is 0 Å². The normalized spacial score (nSPS) is 12.6. The second-order valence-corrected chi connectivity index (χ2v) is 7.88. The van der Waals surface area contributed by atoms with Gasteiger partial charge in [0.05, 0.1) is 36.1 Å². The summed E-state index contributed by atoms with van der Waals surface area (Å²) in [6.45, 7) is 4.48. The summed E-state index contributed by atoms with van der Waals surface area (Å²) < 4.78 is 15.3. The largest absolute Gasteiger partial charge is 0.467 e. The van der Waals surface area contributed by atoms with Gasteiger partial charge in [0.15, 0.2) is 6.61 Å². The van der Waals surface area contributed by atoms with E-state index in [0.717, 1.165) is 4.90 Å². The number of H-pyrrole nitrogens is 1. The van der Waals surface area contributed by atoms with Gasteiger partial charge in [-0.3, -0.25) is 19.3 Å². The van der Waals surface area contributed by atoms with Gasteiger partial charge in [0.1, 0.15) is 11.5 Å². The van der Waals surface area contributed by atoms with Crippen LogP contribution in [0.15, 0.2) is 41.0 Å². The molecule has 4 rings (SSSR count). The van der Waals surface area contributed by atoms with Crippen LogP contribution in [0.4, 0.5) is 0 Å². The minimum atomic E-state index is -0.831. The molecule has 0 fully saturated rings. The number of Topliss-reactive ketones (excluding diaryl/α,β-unsaturated/α-hetero) is 1. The fourth-order valence-electron chi connectivity index (χ4n) is 3.98. The molecule has 0 saturated carbocycles. The van der Waals surface area contributed by atoms with Crippen LogP contribution in [0.1, 0.15) is 75.9 Å². The quantitative estimate of drug-likeness (QED) is 0.296. The number of ketones is 1. The fourth-order valence-corrected chi connectivity index (χ4v) is 3.98. The maximum absolute atomic E-state index is 12.8. The number of carbonyl (C=O) groups excluding carboxylic acids is 5. The molecule has 0 radical (unpaired) electrons. The predicted octanol–water partition coefficient (Wildman–Crippen LogP) is 3.24. The molecule has 0 aliphatic carbocycles. The number of nitrogens with zero attached hydrogens (tertiary/aromatic N) is 1. The van der Waals surface area contributed by atoms with E-state index in [9.17, 15) is 24.0 Å². The number of ether oxygens (including phenoxy) is 2. The van der Waals surface area contributed by atoms with Gasteiger partial charge < -0.3 is 18.9 Å². The number of fused-ring (bicyclic) bond motifs is 1. The van der Waals surface area contributed by atoms with Gasteiger partial charge in [-0.05, 0) is 56.7 Å². The summed E-state index contributed by atoms with van der Waals surface area (Å²) >= 11 is 0. The first kappa shape index (κ1) is 23.7. The monoisotopic (exact) mass is 478 g/mol. The first-order valence-corrected chi connectivity index (χ1v) is 10.8. The van der Waals surface area contributed by atoms with Crippen molar-refractivity contribution in [2.45, 2.75) is 27.3 Å². The van der Waals surface area contributed by atoms with Crippen LogP contribution < -0.4 is 0 Å². The zero-order valence-electron chi connectivity index (χ0n) is 19.3. The lowest BCUT2D eigenvalue weighted by atomic mass is 10.1. The number of aryl methyl sites for hydroxylation is 1. The van der Waals surface area contributed by atoms with E-state index < -0.39 is 36.1 Å². The molecule has 3 aromatic rings. The highest BCUT2D eigenvalue weighted by Crippen LogP contribution is 2.26. The molecule has 2 amide bonds. The summed E-state index contributed by atoms with van der Waals surface area (Å²) in [6, 6.07) is 7.31. The summed E-state index contributed by atoms with van der Waals surface area (Å²) in [5.41, 5.74) is 1.51. The number of hydrogen-bond acceptors (Lipinski definition) is 8. The summed E-state index contributed by atoms with van der Waals surface area (Å²) in [5, 5.41) is 0. The van der Waals surface area contributed by atoms with E-state index in [2.05, 4.69) is 4.98 Å². The lowest BCUT2D eigenvalue weighted by Crippen LogP contribution is -2.28. The number of rotatable bonds is 8. The Labute approximate surface area is 199 Å². The summed E-state index contributed by atoms with van der Waals surface area (Å²) in [5.74, 6) is -2.52. The van der Waals surface area contributed by atoms with Crippen LogP contribution in [0, 0.1) is 13.8 Å². The second-order valence-electron chi connectivity index (χ2n) is 7.88. The Kier molecular flexibility index (Phi) is 6.37. The lowest BCUT2D eigenvalue weighted by molar-refractivity contribution is 0.0473. The molecule has 10 nitrogen and oxygen atoms in total. The average molecular weight is 478 g/mol. The Balaban J connectivity index is 1.46. The number of carbonyl (C=O) groups is 5. The van der Waals surface area contributed by atoms with Crippen molar-refractivity contribution in [3.63, 3.8) is 0 Å². The van der Waals surface area contributed by atoms with E-state index in [0.29, 0.717) is 17.0 Å². The van der Waals surface area contributed by atoms with Crippen LogP contribution >= 0.6 is 0 Å². The maximum Gasteiger partial charge on any atom is 0.355 e. The number of esters is 2. The molecular formula is C25H22N2O8. The van der Waals surface area contributed by atoms with E-state index in [1.54, 1.807) is 32.9 Å². The fraction of sp³-hybridized carbons (Fsp3) is 0.240. The third-order valence-corrected chi connectivity index (χ3v) is 5.63. The van der Waals surface area contributed by atoms with Crippen LogP contribution in [0.2, 0.25) is 0 Å². The number of imide groups is 1. The molecule has 1 aliphatic rings. The third-order valence-electron chi connectivity index (χ3n) is 5.63. The molecule has 2 aromatic heterocycles. The number of aromatic amines is 1. The zero-order chi connectivity index (χ0) is 25.3. The molecule has 180 valence electrons. The van der Waals surface area contributed by atoms with Gasteiger partial charge in [0, 0.05) is 11.3 Å². The highest BCUT2D eigenvalue weighted by Gasteiger charge is 2.36. The molecule has 35 heavy (non-hydrogen) atoms. The van der Waals surface area contributed by atoms with Crippen LogP contribution in [0.3, 0.4) is 0 Å². The van der Waals surface area contributed by atoms with E-state index in [1.165, 1.54) is 24.5 Å². The van der Waals surface area contributed by atoms with E-state index in [-0.39, 0.29) is 41.1 Å². The molecule has 3 heterocycles. The average Bonchev–Trinajstić information content (AvgIpc) is 3.52. The van der Waals surface area contributed by atoms with Crippen LogP contribution in [-0.2, 0) is 16.0 Å². The number of benzene rings is 1. The molecule has 1 N–H and O–H groups in total. The molecular weight excluding hydrogens is 456 g/mol. The van der Waals surface area contributed by atoms with Crippen molar-refractivity contribution < 1.29 is 37.9 Å². The van der Waals surface area contributed by atoms with Gasteiger partial charge in [0.25, 0.3) is 11.8 Å². The summed E-state index contributed by atoms with van der Waals surface area (Å²) in [4.78, 5) is 66.6. The number of furan rings is 1. The summed E-state index contributed by atoms with van der Waals surface area (Å²) in [7, 11) is 0. The third kappa shape index (κ3) is 4.37. The highest BCUT2D eigenvalue weighted by atomic mass is 16.5. The van der Waals surface area contributed by atoms with Gasteiger partial charge in [-0.15, -0.1) is 0 Å². The molecule has 0 unspecified atom stereocenters. The van der Waals surface area contributed by atoms with E-state index >= 15 is 0 Å². The molecule has 1 aliphatic heterocycles. The molecule has 0 spiro atoms. The lowest BCUT2D eigenvalue weighted by Gasteiger charge is -2.11. The Morgan fingerprint density at radius 3 is 2.43 bits per heavy atom. The minimum absolute atomic E-state index is 0.0206. The first-order chi connectivity index (χ1) is 16.7. The van der Waals surface area contributed by atoms with Gasteiger partial charge in [0.2, 0.25) is 5.78 Å². The van der Waals surface area contributed by atoms with Crippen molar-refractivity contribution in [2.75, 3.05) is 13.2 Å². The molecule has 1 aromatic carbocycles. The smallest absolute Gasteiger partial charge is 0.355 e. The van der Waals surface area contributed by atoms with Crippen molar-refractivity contribution >= 4 is 29.5 Å². The Hall–Kier alpha value is -4.47. The van der Waals surface area contributed by atoms with Crippen LogP contribution in [-0.4, -0.2) is 52.6 Å². The Morgan fingerprint density at radius 2 is 1.74 bits per heavy atom. The van der Waals surface area contributed by atoms with E-state index in [1.807, 2.05) is 0 Å². The number of hydrogen-bond donors (Lipinski definition) is 1. The Morgan fingerprint density at radius 1 is 1.00 bits per heavy atom. The predicted molar refractivity (Wildman–Crippen MR) is 120 cm³/mol. The van der Waals surface area contributed by atoms with Crippen molar-refractivity contribution in [3.8, 4) is 0 Å². The standard InChI is InChI=1S/C25H22N2O8/c1-4-33-25(32)21-13(2)20(14(3)26-21)19(28)12-35-24(31)15-7-8-17-18(10-15)23(30)27(22(17)29)11-16-6-5-9-34-16/h5-10,26H,4,11-12H2,1-3H3. The molecule has 0 bridgehead atoms. The van der Waals surface area contributed by atoms with Crippen LogP contribution in [0.25, 0.3) is 0 Å². The van der Waals surface area contributed by atoms with Gasteiger partial charge >= 0.3 is 11.9 Å². The highest BCUT2D eigenvalue weighted by molar-refractivity contribution is 6.21. The van der Waals surface area contributed by atoms with Crippen LogP contribution in [0.5, 0.6) is 0 Å². The van der Waals surface area contributed by atoms with E-state index in [4.69, 9.17) is 13.9 Å². The van der Waals surface area contributed by atoms with Crippen molar-refractivity contribution in [1.29, 1.82) is 0 Å². The number of aromatic nitrogens is 1. The first-order valence-electron chi connectivity index (χ1n) is 10.8. The van der Waals surface area contributed by atoms with Gasteiger partial charge in [-0.1, -0.05) is 0 Å².